The predicted molar refractivity (Wildman–Crippen MR) is 382 cm³/mol. The van der Waals surface area contributed by atoms with E-state index in [1.165, 1.54) is 135 Å². The van der Waals surface area contributed by atoms with E-state index in [9.17, 15) is 0 Å². The Balaban J connectivity index is -0.0000000705. The fourth-order valence-corrected chi connectivity index (χ4v) is 6.46. The van der Waals surface area contributed by atoms with Crippen molar-refractivity contribution in [2.45, 2.75) is 419 Å². The van der Waals surface area contributed by atoms with E-state index in [0.29, 0.717) is 16.2 Å². The molecule has 0 N–H and O–H groups in total. The Morgan fingerprint density at radius 2 is 0.577 bits per heavy atom. The molecule has 0 aliphatic rings. The molecule has 0 aromatic heterocycles. The van der Waals surface area contributed by atoms with Gasteiger partial charge in [-0.1, -0.05) is 406 Å². The zero-order valence-corrected chi connectivity index (χ0v) is 64.9. The molecule has 0 amide bonds. The van der Waals surface area contributed by atoms with Gasteiger partial charge in [0.25, 0.3) is 0 Å². The van der Waals surface area contributed by atoms with Crippen molar-refractivity contribution in [2.75, 3.05) is 0 Å². The molecule has 78 heavy (non-hydrogen) atoms. The molecule has 0 aromatic rings. The monoisotopic (exact) mass is 1120 g/mol. The molecule has 0 spiro atoms. The topological polar surface area (TPSA) is 0 Å². The molecule has 0 bridgehead atoms. The first kappa shape index (κ1) is 103. The Hall–Kier alpha value is 0. The Morgan fingerprint density at radius 1 is 0.269 bits per heavy atom. The van der Waals surface area contributed by atoms with E-state index in [1.54, 1.807) is 0 Å². The minimum absolute atomic E-state index is 0.480. The molecule has 0 saturated carbocycles. The number of hydrogen-bond donors (Lipinski definition) is 0. The molecule has 0 aliphatic carbocycles. The molecule has 0 heterocycles. The molecule has 0 aliphatic heterocycles. The van der Waals surface area contributed by atoms with Gasteiger partial charge in [-0.15, -0.1) is 0 Å². The lowest BCUT2D eigenvalue weighted by Gasteiger charge is -2.30. The van der Waals surface area contributed by atoms with Crippen LogP contribution in [0.2, 0.25) is 0 Å². The summed E-state index contributed by atoms with van der Waals surface area (Å²) in [6, 6.07) is 0. The SMILES string of the molecule is CC(C)C(C)(C)C.CC(C)C(C)C(C)(C)C.CCC(C)C.CCC(C)C(C)CC.CCC(C)CC.CCC(C)CC(C)C.CCCC(C)(C)C.CCCC(C)C.CCCC(C)CC.CCCCC(C)C.CCCCC(C)CC. The van der Waals surface area contributed by atoms with E-state index in [1.807, 2.05) is 0 Å². The van der Waals surface area contributed by atoms with Crippen LogP contribution in [0.15, 0.2) is 0 Å². The van der Waals surface area contributed by atoms with Crippen LogP contribution in [0.4, 0.5) is 0 Å². The summed E-state index contributed by atoms with van der Waals surface area (Å²) in [4.78, 5) is 0. The Morgan fingerprint density at radius 3 is 0.667 bits per heavy atom. The normalized spacial score (nSPS) is 13.2. The quantitative estimate of drug-likeness (QED) is 0.0957. The third kappa shape index (κ3) is 127. The molecule has 6 atom stereocenters. The van der Waals surface area contributed by atoms with Crippen molar-refractivity contribution in [3.63, 3.8) is 0 Å². The predicted octanol–water partition coefficient (Wildman–Crippen LogP) is 30.8. The van der Waals surface area contributed by atoms with Gasteiger partial charge in [0.1, 0.15) is 0 Å². The van der Waals surface area contributed by atoms with Crippen LogP contribution in [0.5, 0.6) is 0 Å². The highest BCUT2D eigenvalue weighted by Gasteiger charge is 2.22. The maximum absolute atomic E-state index is 2.33. The third-order valence-electron chi connectivity index (χ3n) is 16.4. The summed E-state index contributed by atoms with van der Waals surface area (Å²) in [6.45, 7) is 93.0. The summed E-state index contributed by atoms with van der Waals surface area (Å²) < 4.78 is 0. The van der Waals surface area contributed by atoms with Crippen molar-refractivity contribution in [1.82, 2.24) is 0 Å². The van der Waals surface area contributed by atoms with Crippen molar-refractivity contribution in [1.29, 1.82) is 0 Å². The lowest BCUT2D eigenvalue weighted by atomic mass is 9.76. The van der Waals surface area contributed by atoms with Crippen LogP contribution in [0.25, 0.3) is 0 Å². The first-order chi connectivity index (χ1) is 35.5. The number of hydrogen-bond acceptors (Lipinski definition) is 0. The van der Waals surface area contributed by atoms with Gasteiger partial charge in [-0.25, -0.2) is 0 Å². The number of rotatable bonds is 23. The van der Waals surface area contributed by atoms with Crippen LogP contribution < -0.4 is 0 Å². The van der Waals surface area contributed by atoms with Crippen molar-refractivity contribution in [3.05, 3.63) is 0 Å². The number of unbranched alkanes of at least 4 members (excludes halogenated alkanes) is 2. The Labute approximate surface area is 509 Å². The van der Waals surface area contributed by atoms with Crippen molar-refractivity contribution in [3.8, 4) is 0 Å². The second-order valence-corrected chi connectivity index (χ2v) is 30.5. The van der Waals surface area contributed by atoms with Gasteiger partial charge in [0.15, 0.2) is 0 Å². The van der Waals surface area contributed by atoms with Crippen molar-refractivity contribution < 1.29 is 0 Å². The molecule has 6 unspecified atom stereocenters. The summed E-state index contributed by atoms with van der Waals surface area (Å²) >= 11 is 0. The van der Waals surface area contributed by atoms with Gasteiger partial charge in [0, 0.05) is 0 Å². The molecule has 0 nitrogen and oxygen atoms in total. The second kappa shape index (κ2) is 73.1. The highest BCUT2D eigenvalue weighted by Crippen LogP contribution is 2.31. The summed E-state index contributed by atoms with van der Waals surface area (Å²) in [5.74, 6) is 11.6. The minimum Gasteiger partial charge on any atom is -0.0654 e. The molecule has 0 radical (unpaired) electrons. The summed E-state index contributed by atoms with van der Waals surface area (Å²) in [6.07, 6.45) is 28.5. The van der Waals surface area contributed by atoms with E-state index in [0.717, 1.165) is 76.9 Å². The summed E-state index contributed by atoms with van der Waals surface area (Å²) in [5, 5.41) is 0. The van der Waals surface area contributed by atoms with E-state index in [-0.39, 0.29) is 0 Å². The average molecular weight is 1120 g/mol. The van der Waals surface area contributed by atoms with Crippen LogP contribution in [-0.4, -0.2) is 0 Å². The van der Waals surface area contributed by atoms with Gasteiger partial charge in [-0.2, -0.15) is 0 Å². The standard InChI is InChI=1S/C9H20.3C8H18.4C7H16.2C6H14.C5H12/c1-7(2)8(3)9(4,5)6;1-5-8(4)6-7(2)3;1-5-7(3)8(4)6-2;1-4-6-7-8(3)5-2;1-6(2)7(3,4)5;1-5-6-7(2,3)4;1-4-5-6-7(2)3;1-4-6-7(3)5-2;1-4-5-6(2)3;1-4-6(3)5-2;1-4-5(2)3/h7-8H,1-6H3;2*7-8H,5-6H2,1-4H3;8H,4-7H2,1-3H3;6H,1-5H3;5-6H2,1-4H3;2*7H,4-6H2,1-3H3;2*6H,4-5H2,1-3H3;5H,4H2,1-3H3. The maximum atomic E-state index is 2.33. The smallest absolute Gasteiger partial charge is 0.0354 e. The first-order valence-corrected chi connectivity index (χ1v) is 35.5. The van der Waals surface area contributed by atoms with Gasteiger partial charge in [0.2, 0.25) is 0 Å². The van der Waals surface area contributed by atoms with Gasteiger partial charge in [-0.05, 0) is 106 Å². The van der Waals surface area contributed by atoms with Crippen LogP contribution in [-0.2, 0) is 0 Å². The average Bonchev–Trinajstić information content (AvgIpc) is 3.34. The minimum atomic E-state index is 0.480. The van der Waals surface area contributed by atoms with Crippen LogP contribution >= 0.6 is 0 Å². The van der Waals surface area contributed by atoms with E-state index < -0.39 is 0 Å². The molecule has 490 valence electrons. The Kier molecular flexibility index (Phi) is 96.6. The van der Waals surface area contributed by atoms with E-state index in [2.05, 4.69) is 284 Å². The van der Waals surface area contributed by atoms with Gasteiger partial charge < -0.3 is 0 Å². The maximum Gasteiger partial charge on any atom is -0.0354 e. The summed E-state index contributed by atoms with van der Waals surface area (Å²) in [5.41, 5.74) is 1.53. The lowest BCUT2D eigenvalue weighted by Crippen LogP contribution is -2.21. The zero-order chi connectivity index (χ0) is 64.9. The van der Waals surface area contributed by atoms with Crippen LogP contribution in [0.3, 0.4) is 0 Å². The van der Waals surface area contributed by atoms with Gasteiger partial charge >= 0.3 is 0 Å². The Bertz CT molecular complexity index is 928. The second-order valence-electron chi connectivity index (χ2n) is 30.5. The highest BCUT2D eigenvalue weighted by atomic mass is 14.3. The molecule has 0 aromatic carbocycles. The zero-order valence-electron chi connectivity index (χ0n) is 64.9. The summed E-state index contributed by atoms with van der Waals surface area (Å²) in [7, 11) is 0. The molecular formula is C78H178. The van der Waals surface area contributed by atoms with Crippen molar-refractivity contribution >= 4 is 0 Å². The van der Waals surface area contributed by atoms with Gasteiger partial charge in [-0.3, -0.25) is 0 Å². The lowest BCUT2D eigenvalue weighted by molar-refractivity contribution is 0.199. The van der Waals surface area contributed by atoms with E-state index in [4.69, 9.17) is 0 Å². The van der Waals surface area contributed by atoms with Gasteiger partial charge in [0.05, 0.1) is 0 Å². The van der Waals surface area contributed by atoms with Crippen molar-refractivity contribution in [2.24, 2.45) is 93.2 Å². The van der Waals surface area contributed by atoms with Crippen LogP contribution in [0.1, 0.15) is 419 Å². The molecule has 0 rings (SSSR count). The molecule has 0 heteroatoms. The fourth-order valence-electron chi connectivity index (χ4n) is 6.46. The van der Waals surface area contributed by atoms with Crippen LogP contribution in [0, 0.1) is 93.2 Å². The largest absolute Gasteiger partial charge is 0.0654 e. The molecular weight excluding hydrogens is 937 g/mol. The molecule has 0 saturated heterocycles. The molecule has 0 fully saturated rings. The first-order valence-electron chi connectivity index (χ1n) is 35.5. The highest BCUT2D eigenvalue weighted by molar-refractivity contribution is 4.72. The fraction of sp³-hybridized carbons (Fsp3) is 1.00. The third-order valence-corrected chi connectivity index (χ3v) is 16.4. The van der Waals surface area contributed by atoms with E-state index >= 15 is 0 Å².